The number of rotatable bonds is 5. The molecule has 5 heteroatoms. The zero-order valence-corrected chi connectivity index (χ0v) is 12.8. The Labute approximate surface area is 129 Å². The Balaban J connectivity index is 1.84. The molecule has 0 atom stereocenters. The summed E-state index contributed by atoms with van der Waals surface area (Å²) in [6.45, 7) is 2.72. The Morgan fingerprint density at radius 3 is 2.40 bits per heavy atom. The van der Waals surface area contributed by atoms with Gasteiger partial charge >= 0.3 is 5.97 Å². The summed E-state index contributed by atoms with van der Waals surface area (Å²) < 4.78 is 0. The summed E-state index contributed by atoms with van der Waals surface area (Å²) in [6.07, 6.45) is 3.17. The van der Waals surface area contributed by atoms with E-state index in [1.165, 1.54) is 0 Å². The first-order chi connectivity index (χ1) is 9.56. The lowest BCUT2D eigenvalue weighted by Gasteiger charge is -2.32. The molecule has 1 aliphatic heterocycles. The second-order valence-electron chi connectivity index (χ2n) is 5.35. The van der Waals surface area contributed by atoms with Crippen LogP contribution in [0.4, 0.5) is 0 Å². The number of hydrogen-bond acceptors (Lipinski definition) is 2. The zero-order valence-electron chi connectivity index (χ0n) is 11.3. The smallest absolute Gasteiger partial charge is 0.303 e. The zero-order chi connectivity index (χ0) is 14.5. The lowest BCUT2D eigenvalue weighted by Crippen LogP contribution is -2.33. The van der Waals surface area contributed by atoms with Gasteiger partial charge in [-0.2, -0.15) is 0 Å². The molecule has 0 aliphatic carbocycles. The van der Waals surface area contributed by atoms with E-state index in [4.69, 9.17) is 28.3 Å². The summed E-state index contributed by atoms with van der Waals surface area (Å²) in [7, 11) is 0. The molecule has 1 saturated heterocycles. The Bertz CT molecular complexity index is 451. The van der Waals surface area contributed by atoms with Crippen molar-refractivity contribution < 1.29 is 9.90 Å². The Morgan fingerprint density at radius 2 is 1.85 bits per heavy atom. The van der Waals surface area contributed by atoms with Crippen LogP contribution in [0.15, 0.2) is 18.2 Å². The molecule has 0 unspecified atom stereocenters. The first kappa shape index (κ1) is 15.6. The van der Waals surface area contributed by atoms with Crippen molar-refractivity contribution in [3.8, 4) is 0 Å². The molecule has 1 fully saturated rings. The van der Waals surface area contributed by atoms with Gasteiger partial charge in [-0.3, -0.25) is 9.69 Å². The highest BCUT2D eigenvalue weighted by molar-refractivity contribution is 6.35. The fourth-order valence-electron chi connectivity index (χ4n) is 2.67. The van der Waals surface area contributed by atoms with Crippen LogP contribution >= 0.6 is 23.2 Å². The third kappa shape index (κ3) is 4.37. The first-order valence-corrected chi connectivity index (χ1v) is 7.69. The van der Waals surface area contributed by atoms with Crippen molar-refractivity contribution in [1.29, 1.82) is 0 Å². The number of carbonyl (C=O) groups is 1. The van der Waals surface area contributed by atoms with Crippen LogP contribution in [-0.4, -0.2) is 29.1 Å². The van der Waals surface area contributed by atoms with E-state index in [0.717, 1.165) is 44.5 Å². The number of halogens is 2. The maximum Gasteiger partial charge on any atom is 0.303 e. The van der Waals surface area contributed by atoms with Crippen molar-refractivity contribution in [3.05, 3.63) is 33.8 Å². The Kier molecular flexibility index (Phi) is 5.70. The summed E-state index contributed by atoms with van der Waals surface area (Å²) in [5, 5.41) is 10.1. The van der Waals surface area contributed by atoms with Crippen molar-refractivity contribution in [3.63, 3.8) is 0 Å². The highest BCUT2D eigenvalue weighted by atomic mass is 35.5. The van der Waals surface area contributed by atoms with E-state index in [2.05, 4.69) is 4.90 Å². The van der Waals surface area contributed by atoms with Gasteiger partial charge in [-0.05, 0) is 50.4 Å². The summed E-state index contributed by atoms with van der Waals surface area (Å²) in [5.41, 5.74) is 0.986. The molecule has 0 radical (unpaired) electrons. The van der Waals surface area contributed by atoms with E-state index in [1.807, 2.05) is 18.2 Å². The number of carboxylic acid groups (broad SMARTS) is 1. The van der Waals surface area contributed by atoms with Gasteiger partial charge in [0.05, 0.1) is 0 Å². The monoisotopic (exact) mass is 315 g/mol. The van der Waals surface area contributed by atoms with Crippen LogP contribution in [0.3, 0.4) is 0 Å². The predicted molar refractivity (Wildman–Crippen MR) is 81.3 cm³/mol. The number of aliphatic carboxylic acids is 1. The van der Waals surface area contributed by atoms with Gasteiger partial charge in [-0.15, -0.1) is 0 Å². The number of piperidine rings is 1. The van der Waals surface area contributed by atoms with Gasteiger partial charge in [0.15, 0.2) is 0 Å². The molecule has 1 N–H and O–H groups in total. The lowest BCUT2D eigenvalue weighted by molar-refractivity contribution is -0.137. The molecular weight excluding hydrogens is 297 g/mol. The number of likely N-dealkylation sites (tertiary alicyclic amines) is 1. The van der Waals surface area contributed by atoms with E-state index in [-0.39, 0.29) is 6.42 Å². The molecule has 0 bridgehead atoms. The summed E-state index contributed by atoms with van der Waals surface area (Å²) in [5.74, 6) is -0.167. The average Bonchev–Trinajstić information content (AvgIpc) is 2.42. The molecule has 2 rings (SSSR count). The van der Waals surface area contributed by atoms with Gasteiger partial charge in [0.2, 0.25) is 0 Å². The van der Waals surface area contributed by atoms with Crippen molar-refractivity contribution in [2.75, 3.05) is 13.1 Å². The summed E-state index contributed by atoms with van der Waals surface area (Å²) in [4.78, 5) is 12.9. The van der Waals surface area contributed by atoms with E-state index < -0.39 is 5.97 Å². The average molecular weight is 316 g/mol. The van der Waals surface area contributed by atoms with Crippen molar-refractivity contribution >= 4 is 29.2 Å². The molecule has 0 saturated carbocycles. The molecule has 0 aromatic heterocycles. The molecule has 1 aliphatic rings. The minimum Gasteiger partial charge on any atom is -0.481 e. The van der Waals surface area contributed by atoms with E-state index in [1.54, 1.807) is 0 Å². The first-order valence-electron chi connectivity index (χ1n) is 6.93. The second kappa shape index (κ2) is 7.30. The summed E-state index contributed by atoms with van der Waals surface area (Å²) in [6, 6.07) is 5.58. The van der Waals surface area contributed by atoms with Gasteiger partial charge in [0, 0.05) is 28.6 Å². The molecule has 0 amide bonds. The maximum atomic E-state index is 10.6. The van der Waals surface area contributed by atoms with Crippen LogP contribution in [-0.2, 0) is 11.3 Å². The Morgan fingerprint density at radius 1 is 1.25 bits per heavy atom. The van der Waals surface area contributed by atoms with Crippen molar-refractivity contribution in [2.24, 2.45) is 5.92 Å². The highest BCUT2D eigenvalue weighted by Gasteiger charge is 2.21. The quantitative estimate of drug-likeness (QED) is 0.890. The van der Waals surface area contributed by atoms with Crippen LogP contribution in [0.5, 0.6) is 0 Å². The lowest BCUT2D eigenvalue weighted by atomic mass is 9.92. The minimum absolute atomic E-state index is 0.279. The van der Waals surface area contributed by atoms with Crippen molar-refractivity contribution in [1.82, 2.24) is 4.90 Å². The molecule has 1 heterocycles. The molecule has 1 aromatic rings. The third-order valence-corrected chi connectivity index (χ3v) is 4.63. The molecular formula is C15H19Cl2NO2. The Hall–Kier alpha value is -0.770. The largest absolute Gasteiger partial charge is 0.481 e. The van der Waals surface area contributed by atoms with Gasteiger partial charge in [0.1, 0.15) is 0 Å². The van der Waals surface area contributed by atoms with E-state index >= 15 is 0 Å². The molecule has 110 valence electrons. The topological polar surface area (TPSA) is 40.5 Å². The number of nitrogens with zero attached hydrogens (tertiary/aromatic N) is 1. The van der Waals surface area contributed by atoms with Crippen LogP contribution in [0.25, 0.3) is 0 Å². The SMILES string of the molecule is O=C(O)CCC1CCN(Cc2c(Cl)cccc2Cl)CC1. The number of carboxylic acids is 1. The third-order valence-electron chi connectivity index (χ3n) is 3.92. The molecule has 0 spiro atoms. The van der Waals surface area contributed by atoms with Gasteiger partial charge in [0.25, 0.3) is 0 Å². The highest BCUT2D eigenvalue weighted by Crippen LogP contribution is 2.28. The van der Waals surface area contributed by atoms with Crippen molar-refractivity contribution in [2.45, 2.75) is 32.2 Å². The van der Waals surface area contributed by atoms with Gasteiger partial charge in [-0.1, -0.05) is 29.3 Å². The van der Waals surface area contributed by atoms with E-state index in [0.29, 0.717) is 16.0 Å². The molecule has 3 nitrogen and oxygen atoms in total. The number of hydrogen-bond donors (Lipinski definition) is 1. The fourth-order valence-corrected chi connectivity index (χ4v) is 3.18. The van der Waals surface area contributed by atoms with E-state index in [9.17, 15) is 4.79 Å². The fraction of sp³-hybridized carbons (Fsp3) is 0.533. The normalized spacial score (nSPS) is 17.3. The summed E-state index contributed by atoms with van der Waals surface area (Å²) >= 11 is 12.4. The standard InChI is InChI=1S/C15H19Cl2NO2/c16-13-2-1-3-14(17)12(13)10-18-8-6-11(7-9-18)4-5-15(19)20/h1-3,11H,4-10H2,(H,19,20). The molecule has 20 heavy (non-hydrogen) atoms. The van der Waals surface area contributed by atoms with Gasteiger partial charge < -0.3 is 5.11 Å². The van der Waals surface area contributed by atoms with Crippen LogP contribution in [0.1, 0.15) is 31.2 Å². The van der Waals surface area contributed by atoms with Crippen LogP contribution in [0, 0.1) is 5.92 Å². The maximum absolute atomic E-state index is 10.6. The minimum atomic E-state index is -0.699. The van der Waals surface area contributed by atoms with Crippen LogP contribution in [0.2, 0.25) is 10.0 Å². The van der Waals surface area contributed by atoms with Gasteiger partial charge in [-0.25, -0.2) is 0 Å². The predicted octanol–water partition coefficient (Wildman–Crippen LogP) is 4.07. The number of benzene rings is 1. The van der Waals surface area contributed by atoms with Crippen LogP contribution < -0.4 is 0 Å². The second-order valence-corrected chi connectivity index (χ2v) is 6.17. The molecule has 1 aromatic carbocycles.